The van der Waals surface area contributed by atoms with E-state index >= 15 is 0 Å². The van der Waals surface area contributed by atoms with E-state index in [2.05, 4.69) is 21.3 Å². The summed E-state index contributed by atoms with van der Waals surface area (Å²) < 4.78 is 0. The number of hydrogen-bond acceptors (Lipinski definition) is 6. The van der Waals surface area contributed by atoms with Crippen molar-refractivity contribution in [2.75, 3.05) is 0 Å². The molecule has 3 N–H and O–H groups in total. The van der Waals surface area contributed by atoms with Gasteiger partial charge in [-0.25, -0.2) is 4.79 Å². The van der Waals surface area contributed by atoms with Crippen LogP contribution in [-0.4, -0.2) is 27.9 Å². The van der Waals surface area contributed by atoms with Crippen LogP contribution in [0.2, 0.25) is 0 Å². The molecule has 170 valence electrons. The molecule has 0 spiro atoms. The Morgan fingerprint density at radius 1 is 1.06 bits per heavy atom. The zero-order valence-corrected chi connectivity index (χ0v) is 18.8. The molecule has 2 aromatic rings. The minimum absolute atomic E-state index is 0.117. The van der Waals surface area contributed by atoms with Crippen LogP contribution in [-0.2, 0) is 16.1 Å². The lowest BCUT2D eigenvalue weighted by atomic mass is 9.96. The molecular weight excluding hydrogens is 406 g/mol. The molecule has 1 aliphatic rings. The van der Waals surface area contributed by atoms with Crippen LogP contribution in [0.15, 0.2) is 59.0 Å². The molecular formula is C24H31N5O3. The average molecular weight is 438 g/mol. The molecule has 0 bridgehead atoms. The molecule has 0 saturated carbocycles. The molecule has 32 heavy (non-hydrogen) atoms. The van der Waals surface area contributed by atoms with Crippen LogP contribution in [0.25, 0.3) is 11.1 Å². The van der Waals surface area contributed by atoms with Crippen molar-refractivity contribution in [3.05, 3.63) is 59.7 Å². The number of hydrogen-bond donors (Lipinski definition) is 3. The SMILES string of the molecule is CCCCC(=O)N(Cc1ccc(-c2ccccc2C2NN=NN2)cc1)[C@H](C(=O)O)C(C)C. The molecule has 1 atom stereocenters. The average Bonchev–Trinajstić information content (AvgIpc) is 3.32. The Kier molecular flexibility index (Phi) is 7.81. The van der Waals surface area contributed by atoms with Gasteiger partial charge in [-0.1, -0.05) is 86.2 Å². The van der Waals surface area contributed by atoms with Gasteiger partial charge < -0.3 is 10.0 Å². The van der Waals surface area contributed by atoms with Crippen LogP contribution in [0.5, 0.6) is 0 Å². The van der Waals surface area contributed by atoms with Gasteiger partial charge in [0, 0.05) is 18.5 Å². The summed E-state index contributed by atoms with van der Waals surface area (Å²) in [5.74, 6) is -1.28. The number of nitrogens with one attached hydrogen (secondary N) is 2. The maximum Gasteiger partial charge on any atom is 0.326 e. The molecule has 0 unspecified atom stereocenters. The number of unbranched alkanes of at least 4 members (excludes halogenated alkanes) is 1. The van der Waals surface area contributed by atoms with Crippen LogP contribution >= 0.6 is 0 Å². The van der Waals surface area contributed by atoms with Crippen molar-refractivity contribution in [3.63, 3.8) is 0 Å². The maximum absolute atomic E-state index is 12.9. The Balaban J connectivity index is 1.84. The molecule has 3 rings (SSSR count). The van der Waals surface area contributed by atoms with Crippen molar-refractivity contribution in [2.45, 2.75) is 58.8 Å². The van der Waals surface area contributed by atoms with E-state index in [0.29, 0.717) is 6.42 Å². The molecule has 2 aromatic carbocycles. The van der Waals surface area contributed by atoms with Crippen LogP contribution in [0.3, 0.4) is 0 Å². The third-order valence-corrected chi connectivity index (χ3v) is 5.60. The fourth-order valence-electron chi connectivity index (χ4n) is 3.93. The number of nitrogens with zero attached hydrogens (tertiary/aromatic N) is 3. The molecule has 1 heterocycles. The highest BCUT2D eigenvalue weighted by Crippen LogP contribution is 2.29. The number of carboxylic acids is 1. The van der Waals surface area contributed by atoms with E-state index in [9.17, 15) is 14.7 Å². The molecule has 0 saturated heterocycles. The van der Waals surface area contributed by atoms with Crippen molar-refractivity contribution >= 4 is 11.9 Å². The van der Waals surface area contributed by atoms with Gasteiger partial charge in [-0.15, -0.1) is 0 Å². The van der Waals surface area contributed by atoms with Gasteiger partial charge in [0.25, 0.3) is 0 Å². The van der Waals surface area contributed by atoms with Crippen molar-refractivity contribution in [1.29, 1.82) is 0 Å². The molecule has 0 radical (unpaired) electrons. The van der Waals surface area contributed by atoms with Gasteiger partial charge >= 0.3 is 5.97 Å². The standard InChI is InChI=1S/C24H31N5O3/c1-4-5-10-21(30)29(22(16(2)3)24(31)32)15-17-11-13-18(14-12-17)19-8-6-7-9-20(19)23-25-27-28-26-23/h6-9,11-14,16,22-23H,4-5,10,15H2,1-3H3,(H,25,28)(H,26,27)(H,31,32)/t22-/m0/s1. The minimum atomic E-state index is -0.970. The highest BCUT2D eigenvalue weighted by molar-refractivity contribution is 5.84. The van der Waals surface area contributed by atoms with E-state index in [-0.39, 0.29) is 24.5 Å². The zero-order chi connectivity index (χ0) is 23.1. The Morgan fingerprint density at radius 2 is 1.72 bits per heavy atom. The van der Waals surface area contributed by atoms with E-state index in [1.807, 2.05) is 69.3 Å². The van der Waals surface area contributed by atoms with Crippen molar-refractivity contribution in [1.82, 2.24) is 15.8 Å². The molecule has 0 aliphatic carbocycles. The Bertz CT molecular complexity index is 950. The topological polar surface area (TPSA) is 106 Å². The Hall–Kier alpha value is -3.42. The number of carbonyl (C=O) groups is 2. The summed E-state index contributed by atoms with van der Waals surface area (Å²) in [5, 5.41) is 17.3. The Morgan fingerprint density at radius 3 is 2.31 bits per heavy atom. The Labute approximate surface area is 188 Å². The largest absolute Gasteiger partial charge is 0.480 e. The number of amides is 1. The number of rotatable bonds is 10. The van der Waals surface area contributed by atoms with E-state index < -0.39 is 12.0 Å². The van der Waals surface area contributed by atoms with Crippen LogP contribution in [0, 0.1) is 5.92 Å². The van der Waals surface area contributed by atoms with Crippen LogP contribution in [0.1, 0.15) is 57.3 Å². The summed E-state index contributed by atoms with van der Waals surface area (Å²) in [6.07, 6.45) is 1.80. The van der Waals surface area contributed by atoms with Crippen molar-refractivity contribution in [3.8, 4) is 11.1 Å². The van der Waals surface area contributed by atoms with E-state index in [4.69, 9.17) is 0 Å². The van der Waals surface area contributed by atoms with E-state index in [1.54, 1.807) is 0 Å². The van der Waals surface area contributed by atoms with E-state index in [1.165, 1.54) is 4.90 Å². The van der Waals surface area contributed by atoms with Gasteiger partial charge in [0.2, 0.25) is 5.91 Å². The molecule has 1 amide bonds. The maximum atomic E-state index is 12.9. The van der Waals surface area contributed by atoms with Crippen LogP contribution in [0.4, 0.5) is 0 Å². The van der Waals surface area contributed by atoms with Gasteiger partial charge in [0.05, 0.1) is 0 Å². The van der Waals surface area contributed by atoms with Gasteiger partial charge in [0.1, 0.15) is 6.04 Å². The first-order valence-corrected chi connectivity index (χ1v) is 11.0. The highest BCUT2D eigenvalue weighted by Gasteiger charge is 2.32. The third-order valence-electron chi connectivity index (χ3n) is 5.60. The minimum Gasteiger partial charge on any atom is -0.480 e. The fourth-order valence-corrected chi connectivity index (χ4v) is 3.93. The summed E-state index contributed by atoms with van der Waals surface area (Å²) >= 11 is 0. The first kappa shape index (κ1) is 23.2. The lowest BCUT2D eigenvalue weighted by molar-refractivity contribution is -0.153. The number of carbonyl (C=O) groups excluding carboxylic acids is 1. The van der Waals surface area contributed by atoms with Crippen molar-refractivity contribution in [2.24, 2.45) is 16.4 Å². The number of aliphatic carboxylic acids is 1. The van der Waals surface area contributed by atoms with Gasteiger partial charge in [0.15, 0.2) is 6.17 Å². The summed E-state index contributed by atoms with van der Waals surface area (Å²) in [5.41, 5.74) is 9.83. The monoisotopic (exact) mass is 437 g/mol. The summed E-state index contributed by atoms with van der Waals surface area (Å²) in [6.45, 7) is 5.96. The fraction of sp³-hybridized carbons (Fsp3) is 0.417. The molecule has 8 nitrogen and oxygen atoms in total. The second kappa shape index (κ2) is 10.7. The lowest BCUT2D eigenvalue weighted by Crippen LogP contribution is -2.47. The number of benzene rings is 2. The lowest BCUT2D eigenvalue weighted by Gasteiger charge is -2.32. The molecule has 1 aliphatic heterocycles. The first-order chi connectivity index (χ1) is 15.4. The van der Waals surface area contributed by atoms with Gasteiger partial charge in [-0.05, 0) is 29.0 Å². The zero-order valence-electron chi connectivity index (χ0n) is 18.8. The number of carboxylic acid groups (broad SMARTS) is 1. The quantitative estimate of drug-likeness (QED) is 0.509. The second-order valence-corrected chi connectivity index (χ2v) is 8.33. The van der Waals surface area contributed by atoms with E-state index in [0.717, 1.165) is 35.1 Å². The summed E-state index contributed by atoms with van der Waals surface area (Å²) in [4.78, 5) is 26.3. The second-order valence-electron chi connectivity index (χ2n) is 8.33. The van der Waals surface area contributed by atoms with Crippen LogP contribution < -0.4 is 10.9 Å². The van der Waals surface area contributed by atoms with Gasteiger partial charge in [-0.3, -0.25) is 15.6 Å². The highest BCUT2D eigenvalue weighted by atomic mass is 16.4. The molecule has 0 aromatic heterocycles. The predicted molar refractivity (Wildman–Crippen MR) is 122 cm³/mol. The molecule has 8 heteroatoms. The smallest absolute Gasteiger partial charge is 0.326 e. The normalized spacial score (nSPS) is 14.1. The summed E-state index contributed by atoms with van der Waals surface area (Å²) in [6, 6.07) is 15.0. The van der Waals surface area contributed by atoms with Crippen molar-refractivity contribution < 1.29 is 14.7 Å². The predicted octanol–water partition coefficient (Wildman–Crippen LogP) is 4.46. The van der Waals surface area contributed by atoms with Gasteiger partial charge in [-0.2, -0.15) is 0 Å². The third kappa shape index (κ3) is 5.43. The summed E-state index contributed by atoms with van der Waals surface area (Å²) in [7, 11) is 0. The molecule has 0 fully saturated rings. The first-order valence-electron chi connectivity index (χ1n) is 11.0.